The van der Waals surface area contributed by atoms with Crippen molar-refractivity contribution in [3.8, 4) is 0 Å². The van der Waals surface area contributed by atoms with Gasteiger partial charge in [-0.1, -0.05) is 19.1 Å². The van der Waals surface area contributed by atoms with Crippen molar-refractivity contribution in [2.45, 2.75) is 26.7 Å². The number of likely N-dealkylation sites (tertiary alicyclic amines) is 1. The molecule has 0 radical (unpaired) electrons. The molecule has 1 heterocycles. The first kappa shape index (κ1) is 17.1. The van der Waals surface area contributed by atoms with Crippen molar-refractivity contribution >= 4 is 23.8 Å². The lowest BCUT2D eigenvalue weighted by Crippen LogP contribution is -2.41. The summed E-state index contributed by atoms with van der Waals surface area (Å²) < 4.78 is 4.83. The molecule has 1 saturated heterocycles. The number of nitrogens with zero attached hydrogens (tertiary/aromatic N) is 1. The molecular formula is C18H24N2O3. The maximum Gasteiger partial charge on any atom is 0.330 e. The molecule has 1 aliphatic heterocycles. The topological polar surface area (TPSA) is 58.6 Å². The van der Waals surface area contributed by atoms with E-state index in [0.717, 1.165) is 30.8 Å². The number of ether oxygens (including phenoxy) is 1. The second kappa shape index (κ2) is 8.36. The van der Waals surface area contributed by atoms with Gasteiger partial charge in [0.05, 0.1) is 6.61 Å². The molecule has 1 fully saturated rings. The Labute approximate surface area is 137 Å². The van der Waals surface area contributed by atoms with Gasteiger partial charge in [0.25, 0.3) is 0 Å². The van der Waals surface area contributed by atoms with Crippen LogP contribution in [-0.4, -0.2) is 36.6 Å². The molecule has 0 unspecified atom stereocenters. The standard InChI is InChI=1S/C18H24N2O3/c1-3-23-17(21)11-8-15-6-9-16(10-7-15)19-18(22)20-12-4-5-14(2)13-20/h6-11,14H,3-5,12-13H2,1-2H3,(H,19,22)/b11-8-/t14-/m0/s1. The minimum atomic E-state index is -0.357. The van der Waals surface area contributed by atoms with Crippen LogP contribution in [0.5, 0.6) is 0 Å². The monoisotopic (exact) mass is 316 g/mol. The fraction of sp³-hybridized carbons (Fsp3) is 0.444. The number of anilines is 1. The molecule has 0 saturated carbocycles. The third-order valence-electron chi connectivity index (χ3n) is 3.80. The number of rotatable bonds is 4. The Bertz CT molecular complexity index is 566. The maximum absolute atomic E-state index is 12.2. The van der Waals surface area contributed by atoms with Crippen molar-refractivity contribution in [1.82, 2.24) is 4.90 Å². The molecule has 0 spiro atoms. The van der Waals surface area contributed by atoms with Gasteiger partial charge in [0.15, 0.2) is 0 Å². The number of esters is 1. The number of benzene rings is 1. The summed E-state index contributed by atoms with van der Waals surface area (Å²) in [6.45, 7) is 5.93. The number of urea groups is 1. The van der Waals surface area contributed by atoms with Gasteiger partial charge in [-0.05, 0) is 49.5 Å². The summed E-state index contributed by atoms with van der Waals surface area (Å²) in [4.78, 5) is 25.3. The van der Waals surface area contributed by atoms with Crippen molar-refractivity contribution in [1.29, 1.82) is 0 Å². The van der Waals surface area contributed by atoms with Crippen LogP contribution in [0.15, 0.2) is 30.3 Å². The summed E-state index contributed by atoms with van der Waals surface area (Å²) in [5, 5.41) is 2.92. The summed E-state index contributed by atoms with van der Waals surface area (Å²) in [6.07, 6.45) is 5.33. The lowest BCUT2D eigenvalue weighted by Gasteiger charge is -2.30. The van der Waals surface area contributed by atoms with E-state index < -0.39 is 0 Å². The number of amides is 2. The van der Waals surface area contributed by atoms with Crippen molar-refractivity contribution < 1.29 is 14.3 Å². The molecule has 1 atom stereocenters. The molecule has 1 aromatic carbocycles. The van der Waals surface area contributed by atoms with E-state index in [2.05, 4.69) is 12.2 Å². The Hall–Kier alpha value is -2.30. The van der Waals surface area contributed by atoms with E-state index in [1.807, 2.05) is 29.2 Å². The lowest BCUT2D eigenvalue weighted by atomic mass is 10.0. The van der Waals surface area contributed by atoms with E-state index in [0.29, 0.717) is 12.5 Å². The Morgan fingerprint density at radius 2 is 2.09 bits per heavy atom. The first-order chi connectivity index (χ1) is 11.1. The number of carbonyl (C=O) groups is 2. The highest BCUT2D eigenvalue weighted by Crippen LogP contribution is 2.17. The van der Waals surface area contributed by atoms with Crippen LogP contribution >= 0.6 is 0 Å². The van der Waals surface area contributed by atoms with Gasteiger partial charge in [-0.3, -0.25) is 0 Å². The zero-order valence-corrected chi connectivity index (χ0v) is 13.7. The van der Waals surface area contributed by atoms with E-state index in [-0.39, 0.29) is 12.0 Å². The van der Waals surface area contributed by atoms with Crippen LogP contribution in [0.1, 0.15) is 32.3 Å². The Balaban J connectivity index is 1.89. The van der Waals surface area contributed by atoms with Gasteiger partial charge in [-0.2, -0.15) is 0 Å². The molecule has 1 N–H and O–H groups in total. The number of hydrogen-bond acceptors (Lipinski definition) is 3. The Kier molecular flexibility index (Phi) is 6.20. The van der Waals surface area contributed by atoms with Crippen LogP contribution in [0.25, 0.3) is 6.08 Å². The van der Waals surface area contributed by atoms with E-state index >= 15 is 0 Å². The summed E-state index contributed by atoms with van der Waals surface area (Å²) in [7, 11) is 0. The minimum absolute atomic E-state index is 0.0497. The average Bonchev–Trinajstić information content (AvgIpc) is 2.54. The SMILES string of the molecule is CCOC(=O)/C=C\c1ccc(NC(=O)N2CCC[C@H](C)C2)cc1. The highest BCUT2D eigenvalue weighted by molar-refractivity contribution is 5.90. The van der Waals surface area contributed by atoms with Crippen molar-refractivity contribution in [3.05, 3.63) is 35.9 Å². The molecule has 0 aliphatic carbocycles. The van der Waals surface area contributed by atoms with Gasteiger partial charge in [-0.25, -0.2) is 9.59 Å². The molecule has 2 amide bonds. The molecule has 1 aromatic rings. The largest absolute Gasteiger partial charge is 0.463 e. The van der Waals surface area contributed by atoms with E-state index in [1.165, 1.54) is 12.5 Å². The predicted molar refractivity (Wildman–Crippen MR) is 91.1 cm³/mol. The molecular weight excluding hydrogens is 292 g/mol. The van der Waals surface area contributed by atoms with E-state index in [4.69, 9.17) is 4.74 Å². The number of hydrogen-bond donors (Lipinski definition) is 1. The molecule has 23 heavy (non-hydrogen) atoms. The quantitative estimate of drug-likeness (QED) is 0.683. The van der Waals surface area contributed by atoms with Crippen LogP contribution in [0.4, 0.5) is 10.5 Å². The number of piperidine rings is 1. The van der Waals surface area contributed by atoms with Crippen LogP contribution in [0.3, 0.4) is 0 Å². The molecule has 0 bridgehead atoms. The second-order valence-electron chi connectivity index (χ2n) is 5.83. The van der Waals surface area contributed by atoms with E-state index in [9.17, 15) is 9.59 Å². The van der Waals surface area contributed by atoms with Crippen LogP contribution < -0.4 is 5.32 Å². The fourth-order valence-corrected chi connectivity index (χ4v) is 2.61. The van der Waals surface area contributed by atoms with Crippen LogP contribution in [0.2, 0.25) is 0 Å². The fourth-order valence-electron chi connectivity index (χ4n) is 2.61. The molecule has 5 nitrogen and oxygen atoms in total. The molecule has 124 valence electrons. The normalized spacial score (nSPS) is 18.0. The van der Waals surface area contributed by atoms with Crippen molar-refractivity contribution in [3.63, 3.8) is 0 Å². The molecule has 2 rings (SSSR count). The van der Waals surface area contributed by atoms with E-state index in [1.54, 1.807) is 13.0 Å². The van der Waals surface area contributed by atoms with Crippen molar-refractivity contribution in [2.75, 3.05) is 25.0 Å². The van der Waals surface area contributed by atoms with Crippen LogP contribution in [-0.2, 0) is 9.53 Å². The van der Waals surface area contributed by atoms with Crippen LogP contribution in [0, 0.1) is 5.92 Å². The average molecular weight is 316 g/mol. The lowest BCUT2D eigenvalue weighted by molar-refractivity contribution is -0.137. The number of carbonyl (C=O) groups excluding carboxylic acids is 2. The highest BCUT2D eigenvalue weighted by Gasteiger charge is 2.20. The minimum Gasteiger partial charge on any atom is -0.463 e. The predicted octanol–water partition coefficient (Wildman–Crippen LogP) is 3.53. The van der Waals surface area contributed by atoms with Gasteiger partial charge < -0.3 is 15.0 Å². The molecule has 0 aromatic heterocycles. The molecule has 5 heteroatoms. The zero-order chi connectivity index (χ0) is 16.7. The first-order valence-corrected chi connectivity index (χ1v) is 8.09. The highest BCUT2D eigenvalue weighted by atomic mass is 16.5. The third kappa shape index (κ3) is 5.43. The summed E-state index contributed by atoms with van der Waals surface area (Å²) in [5.41, 5.74) is 1.63. The van der Waals surface area contributed by atoms with Gasteiger partial charge in [0.1, 0.15) is 0 Å². The molecule has 1 aliphatic rings. The van der Waals surface area contributed by atoms with Gasteiger partial charge in [0.2, 0.25) is 0 Å². The zero-order valence-electron chi connectivity index (χ0n) is 13.7. The maximum atomic E-state index is 12.2. The number of nitrogens with one attached hydrogen (secondary N) is 1. The van der Waals surface area contributed by atoms with Gasteiger partial charge in [0, 0.05) is 24.9 Å². The summed E-state index contributed by atoms with van der Waals surface area (Å²) >= 11 is 0. The first-order valence-electron chi connectivity index (χ1n) is 8.09. The third-order valence-corrected chi connectivity index (χ3v) is 3.80. The second-order valence-corrected chi connectivity index (χ2v) is 5.83. The van der Waals surface area contributed by atoms with Gasteiger partial charge in [-0.15, -0.1) is 0 Å². The Morgan fingerprint density at radius 3 is 2.74 bits per heavy atom. The summed E-state index contributed by atoms with van der Waals surface area (Å²) in [6, 6.07) is 7.31. The van der Waals surface area contributed by atoms with Gasteiger partial charge >= 0.3 is 12.0 Å². The smallest absolute Gasteiger partial charge is 0.330 e. The van der Waals surface area contributed by atoms with Crippen molar-refractivity contribution in [2.24, 2.45) is 5.92 Å². The summed E-state index contributed by atoms with van der Waals surface area (Å²) in [5.74, 6) is 0.203. The Morgan fingerprint density at radius 1 is 1.35 bits per heavy atom.